The van der Waals surface area contributed by atoms with Crippen molar-refractivity contribution in [2.24, 2.45) is 0 Å². The second-order valence-electron chi connectivity index (χ2n) is 3.57. The Bertz CT molecular complexity index is 512. The van der Waals surface area contributed by atoms with E-state index in [-0.39, 0.29) is 6.42 Å². The van der Waals surface area contributed by atoms with Gasteiger partial charge in [0.15, 0.2) is 0 Å². The molecule has 0 unspecified atom stereocenters. The molecule has 1 heterocycles. The third-order valence-corrected chi connectivity index (χ3v) is 2.29. The molecule has 4 heteroatoms. The van der Waals surface area contributed by atoms with Crippen LogP contribution in [0.2, 0.25) is 0 Å². The highest BCUT2D eigenvalue weighted by molar-refractivity contribution is 5.74. The zero-order valence-corrected chi connectivity index (χ0v) is 9.13. The van der Waals surface area contributed by atoms with Crippen molar-refractivity contribution in [2.75, 3.05) is 5.32 Å². The molecule has 0 aliphatic heterocycles. The van der Waals surface area contributed by atoms with Crippen molar-refractivity contribution in [1.82, 2.24) is 4.98 Å². The van der Waals surface area contributed by atoms with E-state index in [1.807, 2.05) is 36.4 Å². The lowest BCUT2D eigenvalue weighted by molar-refractivity contribution is -0.136. The van der Waals surface area contributed by atoms with Gasteiger partial charge in [-0.05, 0) is 23.8 Å². The van der Waals surface area contributed by atoms with Gasteiger partial charge in [-0.25, -0.2) is 4.98 Å². The largest absolute Gasteiger partial charge is 0.481 e. The number of carbonyl (C=O) groups is 1. The van der Waals surface area contributed by atoms with E-state index in [0.717, 1.165) is 11.3 Å². The topological polar surface area (TPSA) is 62.2 Å². The van der Waals surface area contributed by atoms with Crippen molar-refractivity contribution in [2.45, 2.75) is 6.42 Å². The molecular formula is C13H12N2O2. The van der Waals surface area contributed by atoms with Gasteiger partial charge in [0.2, 0.25) is 0 Å². The van der Waals surface area contributed by atoms with Gasteiger partial charge in [-0.3, -0.25) is 4.79 Å². The molecule has 0 aliphatic carbocycles. The van der Waals surface area contributed by atoms with E-state index in [1.54, 1.807) is 12.3 Å². The van der Waals surface area contributed by atoms with Crippen LogP contribution in [0.15, 0.2) is 48.7 Å². The molecule has 0 atom stereocenters. The average molecular weight is 228 g/mol. The lowest BCUT2D eigenvalue weighted by Gasteiger charge is -2.09. The summed E-state index contributed by atoms with van der Waals surface area (Å²) in [6.07, 6.45) is 1.68. The Morgan fingerprint density at radius 3 is 2.65 bits per heavy atom. The van der Waals surface area contributed by atoms with E-state index in [9.17, 15) is 4.79 Å². The van der Waals surface area contributed by atoms with Gasteiger partial charge in [0.1, 0.15) is 5.82 Å². The summed E-state index contributed by atoms with van der Waals surface area (Å²) in [6.45, 7) is 0. The van der Waals surface area contributed by atoms with Crippen LogP contribution in [0.25, 0.3) is 0 Å². The third kappa shape index (κ3) is 3.04. The zero-order valence-electron chi connectivity index (χ0n) is 9.13. The third-order valence-electron chi connectivity index (χ3n) is 2.29. The number of para-hydroxylation sites is 1. The summed E-state index contributed by atoms with van der Waals surface area (Å²) >= 11 is 0. The molecule has 0 amide bonds. The van der Waals surface area contributed by atoms with Crippen LogP contribution in [0.5, 0.6) is 0 Å². The summed E-state index contributed by atoms with van der Waals surface area (Å²) in [5, 5.41) is 11.9. The lowest BCUT2D eigenvalue weighted by atomic mass is 10.1. The highest BCUT2D eigenvalue weighted by atomic mass is 16.4. The smallest absolute Gasteiger partial charge is 0.307 e. The van der Waals surface area contributed by atoms with E-state index < -0.39 is 5.97 Å². The molecule has 0 fully saturated rings. The zero-order chi connectivity index (χ0) is 12.1. The van der Waals surface area contributed by atoms with Crippen molar-refractivity contribution in [3.8, 4) is 0 Å². The first-order chi connectivity index (χ1) is 8.25. The van der Waals surface area contributed by atoms with Crippen molar-refractivity contribution in [3.63, 3.8) is 0 Å². The Labute approximate surface area is 98.9 Å². The van der Waals surface area contributed by atoms with E-state index in [2.05, 4.69) is 10.3 Å². The molecule has 2 rings (SSSR count). The Morgan fingerprint density at radius 2 is 1.94 bits per heavy atom. The number of hydrogen-bond acceptors (Lipinski definition) is 3. The second-order valence-corrected chi connectivity index (χ2v) is 3.57. The minimum Gasteiger partial charge on any atom is -0.481 e. The van der Waals surface area contributed by atoms with Crippen LogP contribution in [0, 0.1) is 0 Å². The normalized spacial score (nSPS) is 9.88. The number of pyridine rings is 1. The van der Waals surface area contributed by atoms with Gasteiger partial charge in [-0.2, -0.15) is 0 Å². The first kappa shape index (κ1) is 11.1. The molecule has 86 valence electrons. The first-order valence-corrected chi connectivity index (χ1v) is 5.23. The van der Waals surface area contributed by atoms with Crippen LogP contribution < -0.4 is 5.32 Å². The fourth-order valence-corrected chi connectivity index (χ4v) is 1.53. The Kier molecular flexibility index (Phi) is 3.35. The average Bonchev–Trinajstić information content (AvgIpc) is 2.32. The number of benzene rings is 1. The number of hydrogen-bond donors (Lipinski definition) is 2. The molecule has 1 aromatic heterocycles. The molecule has 0 aliphatic rings. The summed E-state index contributed by atoms with van der Waals surface area (Å²) < 4.78 is 0. The van der Waals surface area contributed by atoms with Gasteiger partial charge in [0, 0.05) is 11.9 Å². The second kappa shape index (κ2) is 5.12. The monoisotopic (exact) mass is 228 g/mol. The number of aromatic nitrogens is 1. The summed E-state index contributed by atoms with van der Waals surface area (Å²) in [4.78, 5) is 14.9. The maximum Gasteiger partial charge on any atom is 0.307 e. The molecule has 0 bridgehead atoms. The number of nitrogens with zero attached hydrogens (tertiary/aromatic N) is 1. The van der Waals surface area contributed by atoms with E-state index in [4.69, 9.17) is 5.11 Å². The van der Waals surface area contributed by atoms with E-state index >= 15 is 0 Å². The fraction of sp³-hybridized carbons (Fsp3) is 0.0769. The predicted molar refractivity (Wildman–Crippen MR) is 65.3 cm³/mol. The first-order valence-electron chi connectivity index (χ1n) is 5.23. The van der Waals surface area contributed by atoms with Gasteiger partial charge in [0.05, 0.1) is 6.42 Å². The summed E-state index contributed by atoms with van der Waals surface area (Å²) in [5.74, 6) is -0.148. The SMILES string of the molecule is O=C(O)Cc1ccccc1Nc1ccccn1. The fourth-order valence-electron chi connectivity index (χ4n) is 1.53. The van der Waals surface area contributed by atoms with Crippen LogP contribution in [0.3, 0.4) is 0 Å². The lowest BCUT2D eigenvalue weighted by Crippen LogP contribution is -2.04. The number of nitrogens with one attached hydrogen (secondary N) is 1. The molecule has 4 nitrogen and oxygen atoms in total. The van der Waals surface area contributed by atoms with Crippen LogP contribution in [-0.2, 0) is 11.2 Å². The minimum atomic E-state index is -0.847. The van der Waals surface area contributed by atoms with E-state index in [0.29, 0.717) is 5.82 Å². The summed E-state index contributed by atoms with van der Waals surface area (Å²) in [6, 6.07) is 12.8. The van der Waals surface area contributed by atoms with Crippen molar-refractivity contribution in [3.05, 3.63) is 54.2 Å². The predicted octanol–water partition coefficient (Wildman–Crippen LogP) is 2.45. The maximum absolute atomic E-state index is 10.7. The quantitative estimate of drug-likeness (QED) is 0.843. The Balaban J connectivity index is 2.23. The van der Waals surface area contributed by atoms with Gasteiger partial charge in [-0.15, -0.1) is 0 Å². The molecule has 0 saturated heterocycles. The van der Waals surface area contributed by atoms with Crippen molar-refractivity contribution in [1.29, 1.82) is 0 Å². The molecule has 17 heavy (non-hydrogen) atoms. The van der Waals surface area contributed by atoms with Gasteiger partial charge < -0.3 is 10.4 Å². The molecule has 0 radical (unpaired) electrons. The number of aliphatic carboxylic acids is 1. The van der Waals surface area contributed by atoms with Gasteiger partial charge in [0.25, 0.3) is 0 Å². The number of rotatable bonds is 4. The highest BCUT2D eigenvalue weighted by Gasteiger charge is 2.06. The Hall–Kier alpha value is -2.36. The summed E-state index contributed by atoms with van der Waals surface area (Å²) in [5.41, 5.74) is 1.51. The molecule has 0 spiro atoms. The number of carboxylic acids is 1. The van der Waals surface area contributed by atoms with Gasteiger partial charge >= 0.3 is 5.97 Å². The van der Waals surface area contributed by atoms with Crippen molar-refractivity contribution >= 4 is 17.5 Å². The maximum atomic E-state index is 10.7. The van der Waals surface area contributed by atoms with Crippen LogP contribution >= 0.6 is 0 Å². The van der Waals surface area contributed by atoms with Crippen LogP contribution in [0.4, 0.5) is 11.5 Å². The van der Waals surface area contributed by atoms with Gasteiger partial charge in [-0.1, -0.05) is 24.3 Å². The van der Waals surface area contributed by atoms with Crippen molar-refractivity contribution < 1.29 is 9.90 Å². The number of carboxylic acid groups (broad SMARTS) is 1. The summed E-state index contributed by atoms with van der Waals surface area (Å²) in [7, 11) is 0. The Morgan fingerprint density at radius 1 is 1.18 bits per heavy atom. The molecule has 0 saturated carbocycles. The molecule has 2 N–H and O–H groups in total. The highest BCUT2D eigenvalue weighted by Crippen LogP contribution is 2.19. The molecule has 2 aromatic rings. The number of anilines is 2. The standard InChI is InChI=1S/C13H12N2O2/c16-13(17)9-10-5-1-2-6-11(10)15-12-7-3-4-8-14-12/h1-8H,9H2,(H,14,15)(H,16,17). The minimum absolute atomic E-state index is 0.00396. The van der Waals surface area contributed by atoms with E-state index in [1.165, 1.54) is 0 Å². The molecular weight excluding hydrogens is 216 g/mol. The van der Waals surface area contributed by atoms with Crippen LogP contribution in [0.1, 0.15) is 5.56 Å². The molecule has 1 aromatic carbocycles. The van der Waals surface area contributed by atoms with Crippen LogP contribution in [-0.4, -0.2) is 16.1 Å².